The van der Waals surface area contributed by atoms with Gasteiger partial charge in [0.15, 0.2) is 0 Å². The number of rotatable bonds is 3. The van der Waals surface area contributed by atoms with E-state index in [4.69, 9.17) is 10.5 Å². The van der Waals surface area contributed by atoms with Crippen molar-refractivity contribution < 1.29 is 9.53 Å². The molecular formula is C15H30N2O2. The van der Waals surface area contributed by atoms with Crippen LogP contribution in [0.15, 0.2) is 0 Å². The van der Waals surface area contributed by atoms with Crippen LogP contribution in [0.2, 0.25) is 0 Å². The molecule has 1 rings (SSSR count). The van der Waals surface area contributed by atoms with Crippen molar-refractivity contribution in [1.29, 1.82) is 0 Å². The van der Waals surface area contributed by atoms with Crippen LogP contribution >= 0.6 is 0 Å². The van der Waals surface area contributed by atoms with Crippen molar-refractivity contribution in [3.63, 3.8) is 0 Å². The van der Waals surface area contributed by atoms with Crippen LogP contribution in [0.3, 0.4) is 0 Å². The van der Waals surface area contributed by atoms with Crippen LogP contribution in [0.25, 0.3) is 0 Å². The molecule has 0 radical (unpaired) electrons. The summed E-state index contributed by atoms with van der Waals surface area (Å²) in [6.45, 7) is 10.7. The molecule has 19 heavy (non-hydrogen) atoms. The van der Waals surface area contributed by atoms with Gasteiger partial charge in [0.25, 0.3) is 0 Å². The van der Waals surface area contributed by atoms with Gasteiger partial charge in [-0.05, 0) is 57.8 Å². The molecular weight excluding hydrogens is 240 g/mol. The van der Waals surface area contributed by atoms with Crippen LogP contribution in [0.1, 0.15) is 60.3 Å². The molecule has 0 spiro atoms. The molecule has 0 bridgehead atoms. The van der Waals surface area contributed by atoms with Crippen LogP contribution < -0.4 is 11.1 Å². The quantitative estimate of drug-likeness (QED) is 0.828. The fraction of sp³-hybridized carbons (Fsp3) is 0.933. The lowest BCUT2D eigenvalue weighted by Crippen LogP contribution is -2.45. The minimum atomic E-state index is -0.455. The molecule has 0 heterocycles. The predicted octanol–water partition coefficient (Wildman–Crippen LogP) is 3.05. The van der Waals surface area contributed by atoms with Gasteiger partial charge in [0, 0.05) is 12.6 Å². The average Bonchev–Trinajstić information content (AvgIpc) is 2.23. The summed E-state index contributed by atoms with van der Waals surface area (Å²) in [5, 5.41) is 2.77. The number of alkyl carbamates (subject to hydrolysis) is 1. The van der Waals surface area contributed by atoms with E-state index in [-0.39, 0.29) is 12.1 Å². The molecule has 1 saturated carbocycles. The van der Waals surface area contributed by atoms with E-state index in [2.05, 4.69) is 19.2 Å². The highest BCUT2D eigenvalue weighted by atomic mass is 16.6. The van der Waals surface area contributed by atoms with Gasteiger partial charge in [-0.2, -0.15) is 0 Å². The molecule has 4 nitrogen and oxygen atoms in total. The summed E-state index contributed by atoms with van der Waals surface area (Å²) in [4.78, 5) is 11.6. The monoisotopic (exact) mass is 270 g/mol. The first-order valence-corrected chi connectivity index (χ1v) is 7.31. The van der Waals surface area contributed by atoms with Crippen LogP contribution in [0.4, 0.5) is 4.79 Å². The first kappa shape index (κ1) is 16.3. The Hall–Kier alpha value is -0.770. The van der Waals surface area contributed by atoms with Gasteiger partial charge in [0.2, 0.25) is 0 Å². The standard InChI is InChI=1S/C15H30N2O2/c1-14(2,3)19-13(18)17-10-12(16)11-6-8-15(4,5)9-7-11/h11-12H,6-10,16H2,1-5H3,(H,17,18). The molecule has 1 aliphatic rings. The van der Waals surface area contributed by atoms with Crippen molar-refractivity contribution in [2.24, 2.45) is 17.1 Å². The maximum atomic E-state index is 11.6. The second-order valence-electron chi connectivity index (χ2n) is 7.55. The average molecular weight is 270 g/mol. The van der Waals surface area contributed by atoms with Gasteiger partial charge in [-0.3, -0.25) is 0 Å². The Bertz CT molecular complexity index is 298. The van der Waals surface area contributed by atoms with E-state index in [1.54, 1.807) is 0 Å². The second kappa shape index (κ2) is 6.12. The highest BCUT2D eigenvalue weighted by Crippen LogP contribution is 2.38. The summed E-state index contributed by atoms with van der Waals surface area (Å²) in [6.07, 6.45) is 4.38. The number of hydrogen-bond acceptors (Lipinski definition) is 3. The summed E-state index contributed by atoms with van der Waals surface area (Å²) in [7, 11) is 0. The van der Waals surface area contributed by atoms with Crippen molar-refractivity contribution in [1.82, 2.24) is 5.32 Å². The topological polar surface area (TPSA) is 64.3 Å². The van der Waals surface area contributed by atoms with Gasteiger partial charge in [0.05, 0.1) is 0 Å². The molecule has 0 aromatic heterocycles. The minimum Gasteiger partial charge on any atom is -0.444 e. The predicted molar refractivity (Wildman–Crippen MR) is 78.0 cm³/mol. The third-order valence-electron chi connectivity index (χ3n) is 3.87. The molecule has 1 fully saturated rings. The van der Waals surface area contributed by atoms with Crippen molar-refractivity contribution in [2.45, 2.75) is 71.9 Å². The Morgan fingerprint density at radius 1 is 1.37 bits per heavy atom. The van der Waals surface area contributed by atoms with Crippen LogP contribution in [0, 0.1) is 11.3 Å². The number of ether oxygens (including phenoxy) is 1. The Kier molecular flexibility index (Phi) is 5.25. The number of carbonyl (C=O) groups is 1. The molecule has 112 valence electrons. The first-order chi connectivity index (χ1) is 8.59. The SMILES string of the molecule is CC1(C)CCC(C(N)CNC(=O)OC(C)(C)C)CC1. The Morgan fingerprint density at radius 3 is 2.37 bits per heavy atom. The fourth-order valence-corrected chi connectivity index (χ4v) is 2.53. The Balaban J connectivity index is 2.28. The van der Waals surface area contributed by atoms with Crippen LogP contribution in [-0.4, -0.2) is 24.3 Å². The summed E-state index contributed by atoms with van der Waals surface area (Å²) >= 11 is 0. The number of nitrogens with one attached hydrogen (secondary N) is 1. The highest BCUT2D eigenvalue weighted by Gasteiger charge is 2.30. The number of hydrogen-bond donors (Lipinski definition) is 2. The van der Waals surface area contributed by atoms with Crippen molar-refractivity contribution in [3.05, 3.63) is 0 Å². The third kappa shape index (κ3) is 6.28. The Labute approximate surface area is 117 Å². The summed E-state index contributed by atoms with van der Waals surface area (Å²) < 4.78 is 5.20. The number of carbonyl (C=O) groups excluding carboxylic acids is 1. The molecule has 1 unspecified atom stereocenters. The smallest absolute Gasteiger partial charge is 0.407 e. The van der Waals surface area contributed by atoms with Crippen molar-refractivity contribution >= 4 is 6.09 Å². The van der Waals surface area contributed by atoms with Gasteiger partial charge in [-0.25, -0.2) is 4.79 Å². The van der Waals surface area contributed by atoms with E-state index >= 15 is 0 Å². The molecule has 1 aliphatic carbocycles. The molecule has 1 amide bonds. The largest absolute Gasteiger partial charge is 0.444 e. The molecule has 3 N–H and O–H groups in total. The lowest BCUT2D eigenvalue weighted by atomic mass is 9.71. The van der Waals surface area contributed by atoms with E-state index < -0.39 is 5.60 Å². The molecule has 4 heteroatoms. The van der Waals surface area contributed by atoms with Crippen molar-refractivity contribution in [2.75, 3.05) is 6.54 Å². The second-order valence-corrected chi connectivity index (χ2v) is 7.55. The zero-order valence-electron chi connectivity index (χ0n) is 13.1. The van der Waals surface area contributed by atoms with Gasteiger partial charge < -0.3 is 15.8 Å². The van der Waals surface area contributed by atoms with E-state index in [0.29, 0.717) is 17.9 Å². The van der Waals surface area contributed by atoms with E-state index in [9.17, 15) is 4.79 Å². The number of nitrogens with two attached hydrogens (primary N) is 1. The van der Waals surface area contributed by atoms with Gasteiger partial charge in [-0.1, -0.05) is 13.8 Å². The normalized spacial score (nSPS) is 21.8. The van der Waals surface area contributed by atoms with Gasteiger partial charge in [0.1, 0.15) is 5.60 Å². The van der Waals surface area contributed by atoms with Gasteiger partial charge in [-0.15, -0.1) is 0 Å². The third-order valence-corrected chi connectivity index (χ3v) is 3.87. The highest BCUT2D eigenvalue weighted by molar-refractivity contribution is 5.67. The lowest BCUT2D eigenvalue weighted by molar-refractivity contribution is 0.0516. The molecule has 0 aromatic rings. The van der Waals surface area contributed by atoms with E-state index in [0.717, 1.165) is 12.8 Å². The maximum absolute atomic E-state index is 11.6. The summed E-state index contributed by atoms with van der Waals surface area (Å²) in [5.74, 6) is 0.517. The zero-order valence-corrected chi connectivity index (χ0v) is 13.1. The fourth-order valence-electron chi connectivity index (χ4n) is 2.53. The molecule has 0 aromatic carbocycles. The first-order valence-electron chi connectivity index (χ1n) is 7.31. The Morgan fingerprint density at radius 2 is 1.89 bits per heavy atom. The zero-order chi connectivity index (χ0) is 14.7. The molecule has 1 atom stereocenters. The van der Waals surface area contributed by atoms with Crippen LogP contribution in [-0.2, 0) is 4.74 Å². The summed E-state index contributed by atoms with van der Waals surface area (Å²) in [5.41, 5.74) is 6.18. The minimum absolute atomic E-state index is 0.0311. The molecule has 0 saturated heterocycles. The number of amides is 1. The maximum Gasteiger partial charge on any atom is 0.407 e. The summed E-state index contributed by atoms with van der Waals surface area (Å²) in [6, 6.07) is 0.0311. The van der Waals surface area contributed by atoms with E-state index in [1.165, 1.54) is 12.8 Å². The lowest BCUT2D eigenvalue weighted by Gasteiger charge is -2.36. The molecule has 0 aliphatic heterocycles. The van der Waals surface area contributed by atoms with Gasteiger partial charge >= 0.3 is 6.09 Å². The van der Waals surface area contributed by atoms with Crippen LogP contribution in [0.5, 0.6) is 0 Å². The van der Waals surface area contributed by atoms with E-state index in [1.807, 2.05) is 20.8 Å². The van der Waals surface area contributed by atoms with Crippen molar-refractivity contribution in [3.8, 4) is 0 Å².